The fourth-order valence-electron chi connectivity index (χ4n) is 4.56. The van der Waals surface area contributed by atoms with Crippen molar-refractivity contribution in [3.63, 3.8) is 0 Å². The number of rotatable bonds is 4. The second-order valence-corrected chi connectivity index (χ2v) is 9.42. The number of aromatic nitrogens is 3. The Bertz CT molecular complexity index is 1280. The Morgan fingerprint density at radius 2 is 1.64 bits per heavy atom. The fourth-order valence-corrected chi connectivity index (χ4v) is 4.56. The molecule has 0 amide bonds. The largest absolute Gasteiger partial charge is 0.386 e. The molecule has 0 saturated carbocycles. The van der Waals surface area contributed by atoms with Crippen LogP contribution in [0.15, 0.2) is 60.8 Å². The van der Waals surface area contributed by atoms with Crippen LogP contribution in [0.5, 0.6) is 0 Å². The van der Waals surface area contributed by atoms with Gasteiger partial charge in [-0.05, 0) is 56.7 Å². The van der Waals surface area contributed by atoms with Crippen molar-refractivity contribution in [2.24, 2.45) is 7.05 Å². The van der Waals surface area contributed by atoms with Gasteiger partial charge < -0.3 is 19.5 Å². The molecule has 0 unspecified atom stereocenters. The molecule has 0 aliphatic carbocycles. The molecule has 0 atom stereocenters. The third-order valence-corrected chi connectivity index (χ3v) is 6.67. The number of hydrogen-bond donors (Lipinski definition) is 1. The SMILES string of the molecule is Cc1ccc(N2CCN(c3ccc(C(C)(C)O)cn3)CC2)cc1-c1nc2ccccc2n1C. The second-order valence-electron chi connectivity index (χ2n) is 9.42. The lowest BCUT2D eigenvalue weighted by molar-refractivity contribution is 0.0782. The molecule has 1 saturated heterocycles. The van der Waals surface area contributed by atoms with Crippen molar-refractivity contribution in [2.75, 3.05) is 36.0 Å². The lowest BCUT2D eigenvalue weighted by Crippen LogP contribution is -2.46. The number of aryl methyl sites for hydroxylation is 2. The average molecular weight is 442 g/mol. The molecule has 6 nitrogen and oxygen atoms in total. The average Bonchev–Trinajstić information content (AvgIpc) is 3.15. The van der Waals surface area contributed by atoms with Crippen LogP contribution in [0.3, 0.4) is 0 Å². The minimum atomic E-state index is -0.869. The van der Waals surface area contributed by atoms with Crippen LogP contribution in [0.4, 0.5) is 11.5 Å². The van der Waals surface area contributed by atoms with E-state index in [-0.39, 0.29) is 0 Å². The van der Waals surface area contributed by atoms with Gasteiger partial charge >= 0.3 is 0 Å². The van der Waals surface area contributed by atoms with Crippen molar-refractivity contribution in [3.8, 4) is 11.4 Å². The van der Waals surface area contributed by atoms with Crippen molar-refractivity contribution >= 4 is 22.5 Å². The summed E-state index contributed by atoms with van der Waals surface area (Å²) in [6, 6.07) is 19.0. The van der Waals surface area contributed by atoms with Gasteiger partial charge in [0, 0.05) is 56.2 Å². The van der Waals surface area contributed by atoms with Gasteiger partial charge in [-0.15, -0.1) is 0 Å². The van der Waals surface area contributed by atoms with E-state index < -0.39 is 5.60 Å². The zero-order chi connectivity index (χ0) is 23.2. The van der Waals surface area contributed by atoms with E-state index in [0.29, 0.717) is 0 Å². The van der Waals surface area contributed by atoms with Gasteiger partial charge in [-0.3, -0.25) is 0 Å². The standard InChI is InChI=1S/C27H31N5O/c1-19-9-11-21(17-22(19)26-29-23-7-5-6-8-24(23)30(26)4)31-13-15-32(16-14-31)25-12-10-20(18-28-25)27(2,3)33/h5-12,17-18,33H,13-16H2,1-4H3. The first kappa shape index (κ1) is 21.5. The highest BCUT2D eigenvalue weighted by Crippen LogP contribution is 2.31. The number of aliphatic hydroxyl groups is 1. The second kappa shape index (κ2) is 8.19. The molecule has 2 aromatic carbocycles. The molecule has 1 fully saturated rings. The Morgan fingerprint density at radius 1 is 0.909 bits per heavy atom. The van der Waals surface area contributed by atoms with E-state index in [9.17, 15) is 5.11 Å². The number of anilines is 2. The van der Waals surface area contributed by atoms with Crippen molar-refractivity contribution in [1.82, 2.24) is 14.5 Å². The molecule has 2 aromatic heterocycles. The molecule has 170 valence electrons. The van der Waals surface area contributed by atoms with Crippen LogP contribution in [0.25, 0.3) is 22.4 Å². The third kappa shape index (κ3) is 4.07. The van der Waals surface area contributed by atoms with E-state index in [0.717, 1.165) is 54.4 Å². The van der Waals surface area contributed by atoms with Gasteiger partial charge in [-0.1, -0.05) is 24.3 Å². The number of nitrogens with zero attached hydrogens (tertiary/aromatic N) is 5. The first-order valence-corrected chi connectivity index (χ1v) is 11.5. The summed E-state index contributed by atoms with van der Waals surface area (Å²) in [5.41, 5.74) is 5.77. The van der Waals surface area contributed by atoms with E-state index in [4.69, 9.17) is 4.98 Å². The molecule has 1 aliphatic rings. The van der Waals surface area contributed by atoms with Gasteiger partial charge in [0.15, 0.2) is 0 Å². The molecule has 4 aromatic rings. The van der Waals surface area contributed by atoms with Gasteiger partial charge in [0.1, 0.15) is 11.6 Å². The topological polar surface area (TPSA) is 57.4 Å². The minimum Gasteiger partial charge on any atom is -0.386 e. The van der Waals surface area contributed by atoms with Gasteiger partial charge in [0.25, 0.3) is 0 Å². The van der Waals surface area contributed by atoms with Crippen LogP contribution in [0.1, 0.15) is 25.0 Å². The number of fused-ring (bicyclic) bond motifs is 1. The summed E-state index contributed by atoms with van der Waals surface area (Å²) in [4.78, 5) is 14.3. The molecule has 3 heterocycles. The first-order chi connectivity index (χ1) is 15.8. The highest BCUT2D eigenvalue weighted by Gasteiger charge is 2.21. The molecule has 1 aliphatic heterocycles. The molecule has 6 heteroatoms. The predicted molar refractivity (Wildman–Crippen MR) is 135 cm³/mol. The zero-order valence-electron chi connectivity index (χ0n) is 19.8. The smallest absolute Gasteiger partial charge is 0.141 e. The van der Waals surface area contributed by atoms with Crippen LogP contribution in [0, 0.1) is 6.92 Å². The third-order valence-electron chi connectivity index (χ3n) is 6.67. The van der Waals surface area contributed by atoms with Gasteiger partial charge in [0.2, 0.25) is 0 Å². The van der Waals surface area contributed by atoms with Crippen LogP contribution in [-0.2, 0) is 12.6 Å². The molecule has 33 heavy (non-hydrogen) atoms. The molecule has 0 spiro atoms. The molecule has 0 bridgehead atoms. The molecule has 5 rings (SSSR count). The quantitative estimate of drug-likeness (QED) is 0.505. The number of benzene rings is 2. The number of hydrogen-bond acceptors (Lipinski definition) is 5. The predicted octanol–water partition coefficient (Wildman–Crippen LogP) is 4.50. The Labute approximate surface area is 195 Å². The summed E-state index contributed by atoms with van der Waals surface area (Å²) in [5.74, 6) is 1.97. The van der Waals surface area contributed by atoms with Gasteiger partial charge in [0.05, 0.1) is 16.6 Å². The highest BCUT2D eigenvalue weighted by atomic mass is 16.3. The summed E-state index contributed by atoms with van der Waals surface area (Å²) in [6.45, 7) is 9.39. The fraction of sp³-hybridized carbons (Fsp3) is 0.333. The lowest BCUT2D eigenvalue weighted by atomic mass is 10.0. The first-order valence-electron chi connectivity index (χ1n) is 11.5. The van der Waals surface area contributed by atoms with Crippen molar-refractivity contribution in [1.29, 1.82) is 0 Å². The van der Waals surface area contributed by atoms with Crippen molar-refractivity contribution in [2.45, 2.75) is 26.4 Å². The Balaban J connectivity index is 1.35. The maximum atomic E-state index is 10.2. The summed E-state index contributed by atoms with van der Waals surface area (Å²) >= 11 is 0. The summed E-state index contributed by atoms with van der Waals surface area (Å²) in [5, 5.41) is 10.2. The normalized spacial score (nSPS) is 14.8. The van der Waals surface area contributed by atoms with E-state index >= 15 is 0 Å². The van der Waals surface area contributed by atoms with Crippen LogP contribution >= 0.6 is 0 Å². The molecular formula is C27H31N5O. The Kier molecular flexibility index (Phi) is 5.33. The number of pyridine rings is 1. The van der Waals surface area contributed by atoms with Crippen LogP contribution in [-0.4, -0.2) is 45.8 Å². The van der Waals surface area contributed by atoms with Crippen molar-refractivity contribution in [3.05, 3.63) is 71.9 Å². The summed E-state index contributed by atoms with van der Waals surface area (Å²) < 4.78 is 2.18. The van der Waals surface area contributed by atoms with E-state index in [1.54, 1.807) is 20.0 Å². The summed E-state index contributed by atoms with van der Waals surface area (Å²) in [6.07, 6.45) is 1.78. The maximum Gasteiger partial charge on any atom is 0.141 e. The number of piperazine rings is 1. The van der Waals surface area contributed by atoms with Crippen LogP contribution < -0.4 is 9.80 Å². The van der Waals surface area contributed by atoms with E-state index in [2.05, 4.69) is 69.7 Å². The number of imidazole rings is 1. The lowest BCUT2D eigenvalue weighted by Gasteiger charge is -2.37. The Morgan fingerprint density at radius 3 is 2.30 bits per heavy atom. The van der Waals surface area contributed by atoms with Crippen molar-refractivity contribution < 1.29 is 5.11 Å². The number of para-hydroxylation sites is 2. The molecule has 0 radical (unpaired) electrons. The highest BCUT2D eigenvalue weighted by molar-refractivity contribution is 5.82. The monoisotopic (exact) mass is 441 g/mol. The zero-order valence-corrected chi connectivity index (χ0v) is 19.8. The van der Waals surface area contributed by atoms with E-state index in [1.165, 1.54) is 16.8 Å². The molecule has 1 N–H and O–H groups in total. The van der Waals surface area contributed by atoms with Gasteiger partial charge in [-0.2, -0.15) is 0 Å². The van der Waals surface area contributed by atoms with Crippen LogP contribution in [0.2, 0.25) is 0 Å². The Hall–Kier alpha value is -3.38. The summed E-state index contributed by atoms with van der Waals surface area (Å²) in [7, 11) is 2.09. The van der Waals surface area contributed by atoms with Gasteiger partial charge in [-0.25, -0.2) is 9.97 Å². The van der Waals surface area contributed by atoms with E-state index in [1.807, 2.05) is 18.2 Å². The molecular weight excluding hydrogens is 410 g/mol. The maximum absolute atomic E-state index is 10.2. The minimum absolute atomic E-state index is 0.832.